The number of thiophene rings is 1. The Bertz CT molecular complexity index is 612. The number of nitrogens with zero attached hydrogens (tertiary/aromatic N) is 1. The molecule has 0 radical (unpaired) electrons. The molecule has 1 aliphatic rings. The van der Waals surface area contributed by atoms with Crippen LogP contribution in [0.5, 0.6) is 0 Å². The fourth-order valence-electron chi connectivity index (χ4n) is 2.16. The third-order valence-electron chi connectivity index (χ3n) is 3.16. The highest BCUT2D eigenvalue weighted by atomic mass is 79.9. The summed E-state index contributed by atoms with van der Waals surface area (Å²) in [7, 11) is -2.48. The quantitative estimate of drug-likeness (QED) is 0.795. The number of aliphatic hydroxyl groups excluding tert-OH is 1. The Balaban J connectivity index is 2.39. The van der Waals surface area contributed by atoms with Crippen molar-refractivity contribution < 1.29 is 23.1 Å². The maximum Gasteiger partial charge on any atom is 0.348 e. The molecule has 0 amide bonds. The molecule has 0 aromatic carbocycles. The summed E-state index contributed by atoms with van der Waals surface area (Å²) in [5.41, 5.74) is 0. The van der Waals surface area contributed by atoms with E-state index in [0.717, 1.165) is 17.8 Å². The highest BCUT2D eigenvalue weighted by Gasteiger charge is 2.37. The van der Waals surface area contributed by atoms with Crippen molar-refractivity contribution >= 4 is 43.3 Å². The molecule has 2 heterocycles. The van der Waals surface area contributed by atoms with Gasteiger partial charge in [0.15, 0.2) is 0 Å². The van der Waals surface area contributed by atoms with E-state index in [1.807, 2.05) is 0 Å². The average Bonchev–Trinajstić information content (AvgIpc) is 3.04. The monoisotopic (exact) mass is 383 g/mol. The topological polar surface area (TPSA) is 83.9 Å². The molecule has 1 saturated heterocycles. The molecular weight excluding hydrogens is 370 g/mol. The molecule has 1 fully saturated rings. The molecule has 9 heteroatoms. The minimum absolute atomic E-state index is 0.0447. The molecule has 1 atom stereocenters. The van der Waals surface area contributed by atoms with Crippen molar-refractivity contribution in [2.45, 2.75) is 23.8 Å². The van der Waals surface area contributed by atoms with Crippen LogP contribution in [0.2, 0.25) is 0 Å². The lowest BCUT2D eigenvalue weighted by molar-refractivity contribution is 0.0606. The van der Waals surface area contributed by atoms with Crippen LogP contribution >= 0.6 is 27.3 Å². The highest BCUT2D eigenvalue weighted by Crippen LogP contribution is 2.36. The van der Waals surface area contributed by atoms with Gasteiger partial charge in [0, 0.05) is 12.6 Å². The second-order valence-corrected chi connectivity index (χ2v) is 8.56. The van der Waals surface area contributed by atoms with E-state index in [9.17, 15) is 18.3 Å². The van der Waals surface area contributed by atoms with E-state index in [-0.39, 0.29) is 16.4 Å². The first kappa shape index (κ1) is 15.9. The highest BCUT2D eigenvalue weighted by molar-refractivity contribution is 9.11. The molecule has 20 heavy (non-hydrogen) atoms. The minimum atomic E-state index is -3.72. The molecule has 0 bridgehead atoms. The third kappa shape index (κ3) is 2.77. The Labute approximate surface area is 129 Å². The minimum Gasteiger partial charge on any atom is -0.465 e. The average molecular weight is 384 g/mol. The zero-order valence-electron chi connectivity index (χ0n) is 10.7. The standard InChI is InChI=1S/C11H14BrNO5S2/c1-18-11(15)8-5-9(10(12)19-8)20(16,17)13-4-2-3-7(13)6-14/h5,7,14H,2-4,6H2,1H3/t7-/m1/s1. The van der Waals surface area contributed by atoms with Gasteiger partial charge in [0.1, 0.15) is 9.77 Å². The summed E-state index contributed by atoms with van der Waals surface area (Å²) in [5.74, 6) is -0.572. The number of hydrogen-bond donors (Lipinski definition) is 1. The van der Waals surface area contributed by atoms with E-state index >= 15 is 0 Å². The van der Waals surface area contributed by atoms with E-state index in [1.165, 1.54) is 17.5 Å². The lowest BCUT2D eigenvalue weighted by atomic mass is 10.2. The van der Waals surface area contributed by atoms with Crippen LogP contribution in [0.1, 0.15) is 22.5 Å². The van der Waals surface area contributed by atoms with Crippen LogP contribution in [0.25, 0.3) is 0 Å². The predicted octanol–water partition coefficient (Wildman–Crippen LogP) is 1.44. The molecule has 2 rings (SSSR count). The summed E-state index contributed by atoms with van der Waals surface area (Å²) >= 11 is 4.20. The number of hydrogen-bond acceptors (Lipinski definition) is 6. The van der Waals surface area contributed by atoms with Crippen LogP contribution in [0.3, 0.4) is 0 Å². The fraction of sp³-hybridized carbons (Fsp3) is 0.545. The van der Waals surface area contributed by atoms with Gasteiger partial charge in [-0.3, -0.25) is 0 Å². The first-order valence-corrected chi connectivity index (χ1v) is 8.97. The predicted molar refractivity (Wildman–Crippen MR) is 77.4 cm³/mol. The number of esters is 1. The van der Waals surface area contributed by atoms with E-state index in [4.69, 9.17) is 0 Å². The molecule has 0 aliphatic carbocycles. The molecule has 1 aromatic rings. The molecule has 1 aromatic heterocycles. The summed E-state index contributed by atoms with van der Waals surface area (Å²) in [5, 5.41) is 9.26. The van der Waals surface area contributed by atoms with Crippen LogP contribution in [0.4, 0.5) is 0 Å². The fourth-order valence-corrected chi connectivity index (χ4v) is 6.28. The van der Waals surface area contributed by atoms with E-state index in [2.05, 4.69) is 20.7 Å². The molecule has 0 spiro atoms. The normalized spacial score (nSPS) is 20.2. The van der Waals surface area contributed by atoms with E-state index in [0.29, 0.717) is 16.8 Å². The molecule has 1 aliphatic heterocycles. The van der Waals surface area contributed by atoms with Crippen molar-refractivity contribution in [2.24, 2.45) is 0 Å². The van der Waals surface area contributed by atoms with Gasteiger partial charge < -0.3 is 9.84 Å². The van der Waals surface area contributed by atoms with E-state index in [1.54, 1.807) is 0 Å². The van der Waals surface area contributed by atoms with Gasteiger partial charge >= 0.3 is 5.97 Å². The van der Waals surface area contributed by atoms with Crippen molar-refractivity contribution in [3.63, 3.8) is 0 Å². The van der Waals surface area contributed by atoms with Gasteiger partial charge in [-0.15, -0.1) is 11.3 Å². The molecule has 0 saturated carbocycles. The first-order valence-electron chi connectivity index (χ1n) is 5.92. The van der Waals surface area contributed by atoms with Crippen LogP contribution in [-0.4, -0.2) is 50.1 Å². The van der Waals surface area contributed by atoms with Gasteiger partial charge in [0.2, 0.25) is 10.0 Å². The Morgan fingerprint density at radius 2 is 2.35 bits per heavy atom. The van der Waals surface area contributed by atoms with Crippen LogP contribution in [0, 0.1) is 0 Å². The van der Waals surface area contributed by atoms with Gasteiger partial charge in [-0.25, -0.2) is 13.2 Å². The van der Waals surface area contributed by atoms with Crippen molar-refractivity contribution in [2.75, 3.05) is 20.3 Å². The van der Waals surface area contributed by atoms with Crippen LogP contribution in [0.15, 0.2) is 14.7 Å². The summed E-state index contributed by atoms with van der Waals surface area (Å²) < 4.78 is 31.4. The number of methoxy groups -OCH3 is 1. The maximum atomic E-state index is 12.6. The van der Waals surface area contributed by atoms with Crippen molar-refractivity contribution in [1.82, 2.24) is 4.31 Å². The zero-order valence-corrected chi connectivity index (χ0v) is 13.9. The molecule has 0 unspecified atom stereocenters. The van der Waals surface area contributed by atoms with Gasteiger partial charge in [-0.2, -0.15) is 4.31 Å². The second kappa shape index (κ2) is 6.10. The van der Waals surface area contributed by atoms with Crippen molar-refractivity contribution in [1.29, 1.82) is 0 Å². The first-order chi connectivity index (χ1) is 9.41. The Morgan fingerprint density at radius 1 is 1.65 bits per heavy atom. The van der Waals surface area contributed by atoms with E-state index < -0.39 is 22.0 Å². The lowest BCUT2D eigenvalue weighted by Crippen LogP contribution is -2.37. The molecule has 6 nitrogen and oxygen atoms in total. The van der Waals surface area contributed by atoms with Gasteiger partial charge in [0.05, 0.1) is 17.5 Å². The number of sulfonamides is 1. The SMILES string of the molecule is COC(=O)c1cc(S(=O)(=O)N2CCC[C@@H]2CO)c(Br)s1. The summed E-state index contributed by atoms with van der Waals surface area (Å²) in [6, 6.07) is 0.913. The van der Waals surface area contributed by atoms with Crippen LogP contribution < -0.4 is 0 Å². The second-order valence-electron chi connectivity index (χ2n) is 4.33. The maximum absolute atomic E-state index is 12.6. The van der Waals surface area contributed by atoms with Crippen molar-refractivity contribution in [3.8, 4) is 0 Å². The summed E-state index contributed by atoms with van der Waals surface area (Å²) in [6.45, 7) is 0.175. The number of rotatable bonds is 4. The molecule has 112 valence electrons. The van der Waals surface area contributed by atoms with Crippen LogP contribution in [-0.2, 0) is 14.8 Å². The Kier molecular flexibility index (Phi) is 4.85. The lowest BCUT2D eigenvalue weighted by Gasteiger charge is -2.21. The summed E-state index contributed by atoms with van der Waals surface area (Å²) in [4.78, 5) is 11.7. The Morgan fingerprint density at radius 3 is 2.95 bits per heavy atom. The largest absolute Gasteiger partial charge is 0.465 e. The van der Waals surface area contributed by atoms with Gasteiger partial charge in [0.25, 0.3) is 0 Å². The molecule has 1 N–H and O–H groups in total. The number of aliphatic hydroxyl groups is 1. The number of carbonyl (C=O) groups is 1. The number of carbonyl (C=O) groups excluding carboxylic acids is 1. The smallest absolute Gasteiger partial charge is 0.348 e. The van der Waals surface area contributed by atoms with Gasteiger partial charge in [-0.05, 0) is 34.8 Å². The molecular formula is C11H14BrNO5S2. The Hall–Kier alpha value is -0.480. The third-order valence-corrected chi connectivity index (χ3v) is 7.35. The van der Waals surface area contributed by atoms with Gasteiger partial charge in [-0.1, -0.05) is 0 Å². The summed E-state index contributed by atoms with van der Waals surface area (Å²) in [6.07, 6.45) is 1.36. The number of halogens is 1. The van der Waals surface area contributed by atoms with Crippen molar-refractivity contribution in [3.05, 3.63) is 14.7 Å². The number of ether oxygens (including phenoxy) is 1. The zero-order chi connectivity index (χ0) is 14.9.